The van der Waals surface area contributed by atoms with Crippen LogP contribution in [-0.4, -0.2) is 42.9 Å². The van der Waals surface area contributed by atoms with Crippen LogP contribution in [0, 0.1) is 23.2 Å². The standard InChI is InChI=1S/C20H28ClN5O2/c1-14(8-17-4-3-7-26(17)13-27)11-28-12-15(2)20(25-23)24-19-6-5-16(10-22)9-18(19)21/h5-6,9,13-15,17H,3-4,7-8,11-12,23H2,1-2H3,(H,24,25). The second kappa shape index (κ2) is 11.0. The zero-order valence-electron chi connectivity index (χ0n) is 16.4. The SMILES string of the molecule is CC(COCC(C)C(=Nc1ccc(C#N)cc1Cl)NN)CC1CCCN1C=O. The van der Waals surface area contributed by atoms with Gasteiger partial charge in [0.1, 0.15) is 5.84 Å². The number of nitrogens with two attached hydrogens (primary N) is 1. The number of nitrogens with zero attached hydrogens (tertiary/aromatic N) is 3. The topological polar surface area (TPSA) is 104 Å². The van der Waals surface area contributed by atoms with Gasteiger partial charge in [0, 0.05) is 25.1 Å². The van der Waals surface area contributed by atoms with E-state index in [9.17, 15) is 4.79 Å². The van der Waals surface area contributed by atoms with Crippen LogP contribution in [-0.2, 0) is 9.53 Å². The molecule has 1 aromatic rings. The van der Waals surface area contributed by atoms with Crippen molar-refractivity contribution in [2.45, 2.75) is 39.2 Å². The Morgan fingerprint density at radius 2 is 2.32 bits per heavy atom. The number of halogens is 1. The van der Waals surface area contributed by atoms with Gasteiger partial charge in [0.05, 0.1) is 28.9 Å². The molecule has 1 amide bonds. The van der Waals surface area contributed by atoms with Crippen molar-refractivity contribution in [2.24, 2.45) is 22.7 Å². The van der Waals surface area contributed by atoms with Gasteiger partial charge < -0.3 is 15.1 Å². The van der Waals surface area contributed by atoms with E-state index >= 15 is 0 Å². The van der Waals surface area contributed by atoms with Crippen LogP contribution in [0.3, 0.4) is 0 Å². The Morgan fingerprint density at radius 1 is 1.54 bits per heavy atom. The van der Waals surface area contributed by atoms with Crippen molar-refractivity contribution in [1.29, 1.82) is 5.26 Å². The number of aliphatic imine (C=N–C) groups is 1. The molecule has 0 aliphatic carbocycles. The molecule has 0 radical (unpaired) electrons. The molecule has 1 fully saturated rings. The minimum atomic E-state index is -0.0538. The summed E-state index contributed by atoms with van der Waals surface area (Å²) >= 11 is 6.18. The van der Waals surface area contributed by atoms with Gasteiger partial charge in [-0.1, -0.05) is 25.4 Å². The highest BCUT2D eigenvalue weighted by molar-refractivity contribution is 6.33. The molecule has 1 aromatic carbocycles. The van der Waals surface area contributed by atoms with Crippen molar-refractivity contribution >= 4 is 29.5 Å². The molecule has 0 saturated carbocycles. The number of benzene rings is 1. The van der Waals surface area contributed by atoms with Crippen LogP contribution in [0.25, 0.3) is 0 Å². The molecule has 0 spiro atoms. The van der Waals surface area contributed by atoms with E-state index in [1.54, 1.807) is 18.2 Å². The summed E-state index contributed by atoms with van der Waals surface area (Å²) in [7, 11) is 0. The molecule has 152 valence electrons. The first kappa shape index (κ1) is 22.2. The number of likely N-dealkylation sites (tertiary alicyclic amines) is 1. The Bertz CT molecular complexity index is 734. The second-order valence-corrected chi connectivity index (χ2v) is 7.75. The van der Waals surface area contributed by atoms with Crippen LogP contribution >= 0.6 is 11.6 Å². The third-order valence-corrected chi connectivity index (χ3v) is 5.24. The lowest BCUT2D eigenvalue weighted by Gasteiger charge is -2.23. The van der Waals surface area contributed by atoms with Gasteiger partial charge in [-0.15, -0.1) is 0 Å². The minimum Gasteiger partial charge on any atom is -0.380 e. The van der Waals surface area contributed by atoms with Gasteiger partial charge in [-0.3, -0.25) is 4.79 Å². The summed E-state index contributed by atoms with van der Waals surface area (Å²) in [5, 5.41) is 9.31. The molecule has 28 heavy (non-hydrogen) atoms. The fourth-order valence-corrected chi connectivity index (χ4v) is 3.61. The van der Waals surface area contributed by atoms with E-state index in [2.05, 4.69) is 17.3 Å². The van der Waals surface area contributed by atoms with Crippen molar-refractivity contribution in [3.63, 3.8) is 0 Å². The number of carbonyl (C=O) groups excluding carboxylic acids is 1. The Hall–Kier alpha value is -2.14. The molecule has 0 bridgehead atoms. The summed E-state index contributed by atoms with van der Waals surface area (Å²) < 4.78 is 5.86. The molecular weight excluding hydrogens is 378 g/mol. The van der Waals surface area contributed by atoms with E-state index in [0.717, 1.165) is 32.2 Å². The van der Waals surface area contributed by atoms with Gasteiger partial charge in [0.2, 0.25) is 6.41 Å². The zero-order valence-corrected chi connectivity index (χ0v) is 17.2. The number of nitriles is 1. The van der Waals surface area contributed by atoms with Crippen LogP contribution in [0.2, 0.25) is 5.02 Å². The number of amidine groups is 1. The quantitative estimate of drug-likeness (QED) is 0.216. The molecule has 2 rings (SSSR count). The van der Waals surface area contributed by atoms with E-state index in [-0.39, 0.29) is 5.92 Å². The molecule has 0 aromatic heterocycles. The van der Waals surface area contributed by atoms with Crippen LogP contribution in [0.4, 0.5) is 5.69 Å². The monoisotopic (exact) mass is 405 g/mol. The minimum absolute atomic E-state index is 0.0538. The predicted octanol–water partition coefficient (Wildman–Crippen LogP) is 3.00. The van der Waals surface area contributed by atoms with Gasteiger partial charge in [-0.05, 0) is 43.4 Å². The van der Waals surface area contributed by atoms with Gasteiger partial charge in [0.25, 0.3) is 0 Å². The van der Waals surface area contributed by atoms with Crippen LogP contribution < -0.4 is 11.3 Å². The lowest BCUT2D eigenvalue weighted by atomic mass is 10.0. The van der Waals surface area contributed by atoms with Crippen molar-refractivity contribution in [2.75, 3.05) is 19.8 Å². The third kappa shape index (κ3) is 6.20. The Kier molecular flexibility index (Phi) is 8.71. The molecule has 8 heteroatoms. The number of rotatable bonds is 9. The van der Waals surface area contributed by atoms with E-state index in [4.69, 9.17) is 27.4 Å². The predicted molar refractivity (Wildman–Crippen MR) is 110 cm³/mol. The maximum atomic E-state index is 11.1. The normalized spacial score (nSPS) is 19.2. The third-order valence-electron chi connectivity index (χ3n) is 4.94. The molecule has 1 aliphatic heterocycles. The van der Waals surface area contributed by atoms with Gasteiger partial charge in [0.15, 0.2) is 0 Å². The highest BCUT2D eigenvalue weighted by Gasteiger charge is 2.24. The number of hydrogen-bond acceptors (Lipinski definition) is 5. The summed E-state index contributed by atoms with van der Waals surface area (Å²) in [4.78, 5) is 17.4. The summed E-state index contributed by atoms with van der Waals surface area (Å²) in [5.74, 6) is 6.49. The molecule has 3 N–H and O–H groups in total. The van der Waals surface area contributed by atoms with Gasteiger partial charge in [-0.25, -0.2) is 10.8 Å². The lowest BCUT2D eigenvalue weighted by molar-refractivity contribution is -0.119. The zero-order chi connectivity index (χ0) is 20.5. The summed E-state index contributed by atoms with van der Waals surface area (Å²) in [6.45, 7) is 6.04. The average molecular weight is 406 g/mol. The maximum absolute atomic E-state index is 11.1. The number of nitrogens with one attached hydrogen (secondary N) is 1. The molecule has 7 nitrogen and oxygen atoms in total. The molecule has 1 heterocycles. The van der Waals surface area contributed by atoms with Crippen LogP contribution in [0.15, 0.2) is 23.2 Å². The highest BCUT2D eigenvalue weighted by atomic mass is 35.5. The Labute approximate surface area is 171 Å². The van der Waals surface area contributed by atoms with Crippen molar-refractivity contribution in [3.8, 4) is 6.07 Å². The Balaban J connectivity index is 1.85. The van der Waals surface area contributed by atoms with E-state index in [1.165, 1.54) is 0 Å². The molecule has 1 saturated heterocycles. The lowest BCUT2D eigenvalue weighted by Crippen LogP contribution is -2.37. The molecule has 1 aliphatic rings. The molecule has 3 unspecified atom stereocenters. The first-order chi connectivity index (χ1) is 13.5. The number of amides is 1. The first-order valence-corrected chi connectivity index (χ1v) is 9.89. The number of hydrazine groups is 1. The van der Waals surface area contributed by atoms with Crippen molar-refractivity contribution in [1.82, 2.24) is 10.3 Å². The average Bonchev–Trinajstić information content (AvgIpc) is 3.13. The summed E-state index contributed by atoms with van der Waals surface area (Å²) in [6, 6.07) is 7.29. The molecular formula is C20H28ClN5O2. The fraction of sp³-hybridized carbons (Fsp3) is 0.550. The summed E-state index contributed by atoms with van der Waals surface area (Å²) in [6.07, 6.45) is 4.05. The van der Waals surface area contributed by atoms with Gasteiger partial charge in [-0.2, -0.15) is 5.26 Å². The highest BCUT2D eigenvalue weighted by Crippen LogP contribution is 2.26. The number of carbonyl (C=O) groups is 1. The van der Waals surface area contributed by atoms with E-state index in [0.29, 0.717) is 47.3 Å². The second-order valence-electron chi connectivity index (χ2n) is 7.34. The van der Waals surface area contributed by atoms with E-state index in [1.807, 2.05) is 17.9 Å². The molecule has 3 atom stereocenters. The largest absolute Gasteiger partial charge is 0.380 e. The van der Waals surface area contributed by atoms with Crippen molar-refractivity contribution < 1.29 is 9.53 Å². The van der Waals surface area contributed by atoms with Crippen LogP contribution in [0.1, 0.15) is 38.7 Å². The van der Waals surface area contributed by atoms with Crippen molar-refractivity contribution in [3.05, 3.63) is 28.8 Å². The number of ether oxygens (including phenoxy) is 1. The first-order valence-electron chi connectivity index (χ1n) is 9.52. The summed E-state index contributed by atoms with van der Waals surface area (Å²) in [5.41, 5.74) is 3.64. The Morgan fingerprint density at radius 3 is 2.96 bits per heavy atom. The smallest absolute Gasteiger partial charge is 0.209 e. The number of hydrogen-bond donors (Lipinski definition) is 2. The van der Waals surface area contributed by atoms with Crippen LogP contribution in [0.5, 0.6) is 0 Å². The van der Waals surface area contributed by atoms with Gasteiger partial charge >= 0.3 is 0 Å². The van der Waals surface area contributed by atoms with E-state index < -0.39 is 0 Å². The fourth-order valence-electron chi connectivity index (χ4n) is 3.39. The maximum Gasteiger partial charge on any atom is 0.209 e.